The van der Waals surface area contributed by atoms with Crippen LogP contribution in [-0.2, 0) is 19.4 Å². The topological polar surface area (TPSA) is 17.8 Å². The highest BCUT2D eigenvalue weighted by atomic mass is 35.5. The molecule has 0 aliphatic carbocycles. The third kappa shape index (κ3) is 5.46. The smallest absolute Gasteiger partial charge is 0.0946 e. The Kier molecular flexibility index (Phi) is 6.73. The molecule has 0 aliphatic rings. The number of hydrogen-bond acceptors (Lipinski definition) is 1. The standard InChI is InChI=1S/C24H29ClN2/c1-20(2)24(18-27-17-16-26-19-27,14-12-21-6-4-3-5-7-21)15-13-22-8-10-23(25)11-9-22/h3-11,16-17,19-20H,12-15,18H2,1-2H3. The lowest BCUT2D eigenvalue weighted by atomic mass is 9.69. The third-order valence-corrected chi connectivity index (χ3v) is 6.11. The van der Waals surface area contributed by atoms with Crippen molar-refractivity contribution in [1.29, 1.82) is 0 Å². The number of imidazole rings is 1. The van der Waals surface area contributed by atoms with Crippen LogP contribution in [-0.4, -0.2) is 9.55 Å². The summed E-state index contributed by atoms with van der Waals surface area (Å²) >= 11 is 6.05. The van der Waals surface area contributed by atoms with E-state index in [4.69, 9.17) is 11.6 Å². The van der Waals surface area contributed by atoms with Gasteiger partial charge in [-0.05, 0) is 60.3 Å². The van der Waals surface area contributed by atoms with Crippen LogP contribution in [0.5, 0.6) is 0 Å². The van der Waals surface area contributed by atoms with Crippen LogP contribution in [0.2, 0.25) is 5.02 Å². The van der Waals surface area contributed by atoms with Gasteiger partial charge in [0.15, 0.2) is 0 Å². The molecule has 1 atom stereocenters. The Morgan fingerprint density at radius 3 is 2.11 bits per heavy atom. The Balaban J connectivity index is 1.79. The van der Waals surface area contributed by atoms with Crippen LogP contribution < -0.4 is 0 Å². The number of hydrogen-bond donors (Lipinski definition) is 0. The quantitative estimate of drug-likeness (QED) is 0.417. The molecule has 1 heterocycles. The van der Waals surface area contributed by atoms with Crippen LogP contribution >= 0.6 is 11.6 Å². The fourth-order valence-corrected chi connectivity index (χ4v) is 4.00. The first-order valence-corrected chi connectivity index (χ1v) is 10.2. The van der Waals surface area contributed by atoms with Gasteiger partial charge in [0.05, 0.1) is 6.33 Å². The predicted molar refractivity (Wildman–Crippen MR) is 114 cm³/mol. The van der Waals surface area contributed by atoms with Crippen molar-refractivity contribution in [1.82, 2.24) is 9.55 Å². The van der Waals surface area contributed by atoms with Gasteiger partial charge in [-0.2, -0.15) is 0 Å². The zero-order chi connectivity index (χ0) is 19.1. The Hall–Kier alpha value is -2.06. The van der Waals surface area contributed by atoms with Gasteiger partial charge in [-0.1, -0.05) is 67.9 Å². The van der Waals surface area contributed by atoms with Crippen LogP contribution in [0.1, 0.15) is 37.8 Å². The van der Waals surface area contributed by atoms with Crippen LogP contribution in [0.15, 0.2) is 73.3 Å². The summed E-state index contributed by atoms with van der Waals surface area (Å²) in [5.41, 5.74) is 2.99. The molecule has 0 amide bonds. The van der Waals surface area contributed by atoms with E-state index in [9.17, 15) is 0 Å². The first-order chi connectivity index (χ1) is 13.1. The number of aryl methyl sites for hydroxylation is 2. The molecular weight excluding hydrogens is 352 g/mol. The van der Waals surface area contributed by atoms with Crippen molar-refractivity contribution in [3.63, 3.8) is 0 Å². The molecule has 142 valence electrons. The minimum atomic E-state index is 0.218. The van der Waals surface area contributed by atoms with E-state index in [1.165, 1.54) is 17.5 Å². The van der Waals surface area contributed by atoms with Crippen molar-refractivity contribution in [2.45, 2.75) is 46.1 Å². The summed E-state index contributed by atoms with van der Waals surface area (Å²) in [6.07, 6.45) is 10.4. The van der Waals surface area contributed by atoms with Gasteiger partial charge >= 0.3 is 0 Å². The summed E-state index contributed by atoms with van der Waals surface area (Å²) in [5, 5.41) is 0.802. The van der Waals surface area contributed by atoms with Crippen LogP contribution in [0.25, 0.3) is 0 Å². The van der Waals surface area contributed by atoms with E-state index in [2.05, 4.69) is 72.1 Å². The van der Waals surface area contributed by atoms with Gasteiger partial charge < -0.3 is 4.57 Å². The van der Waals surface area contributed by atoms with Crippen molar-refractivity contribution in [2.24, 2.45) is 11.3 Å². The zero-order valence-corrected chi connectivity index (χ0v) is 17.1. The molecule has 0 fully saturated rings. The number of aromatic nitrogens is 2. The lowest BCUT2D eigenvalue weighted by Gasteiger charge is -2.39. The summed E-state index contributed by atoms with van der Waals surface area (Å²) in [6, 6.07) is 19.1. The zero-order valence-electron chi connectivity index (χ0n) is 16.3. The van der Waals surface area contributed by atoms with Crippen molar-refractivity contribution < 1.29 is 0 Å². The van der Waals surface area contributed by atoms with E-state index >= 15 is 0 Å². The van der Waals surface area contributed by atoms with E-state index in [0.29, 0.717) is 5.92 Å². The Labute approximate surface area is 168 Å². The minimum absolute atomic E-state index is 0.218. The van der Waals surface area contributed by atoms with Gasteiger partial charge in [0.1, 0.15) is 0 Å². The summed E-state index contributed by atoms with van der Waals surface area (Å²) < 4.78 is 2.24. The highest BCUT2D eigenvalue weighted by Gasteiger charge is 2.33. The average molecular weight is 381 g/mol. The fourth-order valence-electron chi connectivity index (χ4n) is 3.87. The predicted octanol–water partition coefficient (Wildman–Crippen LogP) is 6.44. The first-order valence-electron chi connectivity index (χ1n) is 9.81. The van der Waals surface area contributed by atoms with Crippen molar-refractivity contribution in [3.05, 3.63) is 89.5 Å². The molecule has 0 N–H and O–H groups in total. The highest BCUT2D eigenvalue weighted by Crippen LogP contribution is 2.39. The van der Waals surface area contributed by atoms with Crippen molar-refractivity contribution in [3.8, 4) is 0 Å². The van der Waals surface area contributed by atoms with Gasteiger partial charge in [0.2, 0.25) is 0 Å². The Bertz CT molecular complexity index is 794. The molecule has 2 aromatic carbocycles. The van der Waals surface area contributed by atoms with E-state index in [0.717, 1.165) is 30.8 Å². The number of rotatable bonds is 9. The van der Waals surface area contributed by atoms with Gasteiger partial charge in [0, 0.05) is 24.0 Å². The molecule has 27 heavy (non-hydrogen) atoms. The Morgan fingerprint density at radius 2 is 1.56 bits per heavy atom. The van der Waals surface area contributed by atoms with Gasteiger partial charge in [-0.25, -0.2) is 4.98 Å². The fraction of sp³-hybridized carbons (Fsp3) is 0.375. The maximum absolute atomic E-state index is 6.05. The molecule has 0 radical (unpaired) electrons. The Morgan fingerprint density at radius 1 is 0.926 bits per heavy atom. The van der Waals surface area contributed by atoms with Crippen LogP contribution in [0.4, 0.5) is 0 Å². The van der Waals surface area contributed by atoms with Crippen molar-refractivity contribution >= 4 is 11.6 Å². The van der Waals surface area contributed by atoms with Crippen LogP contribution in [0.3, 0.4) is 0 Å². The lowest BCUT2D eigenvalue weighted by Crippen LogP contribution is -2.33. The molecule has 1 unspecified atom stereocenters. The average Bonchev–Trinajstić information content (AvgIpc) is 3.19. The normalized spacial score (nSPS) is 13.6. The second-order valence-electron chi connectivity index (χ2n) is 7.86. The molecule has 0 spiro atoms. The SMILES string of the molecule is CC(C)C(CCc1ccccc1)(CCc1ccc(Cl)cc1)Cn1ccnc1. The van der Waals surface area contributed by atoms with E-state index < -0.39 is 0 Å². The molecule has 3 rings (SSSR count). The lowest BCUT2D eigenvalue weighted by molar-refractivity contribution is 0.124. The summed E-state index contributed by atoms with van der Waals surface area (Å²) in [6.45, 7) is 5.73. The number of benzene rings is 2. The maximum atomic E-state index is 6.05. The van der Waals surface area contributed by atoms with E-state index in [1.54, 1.807) is 0 Å². The van der Waals surface area contributed by atoms with Crippen molar-refractivity contribution in [2.75, 3.05) is 0 Å². The second-order valence-corrected chi connectivity index (χ2v) is 8.30. The monoisotopic (exact) mass is 380 g/mol. The minimum Gasteiger partial charge on any atom is -0.337 e. The van der Waals surface area contributed by atoms with E-state index in [-0.39, 0.29) is 5.41 Å². The molecule has 1 aromatic heterocycles. The summed E-state index contributed by atoms with van der Waals surface area (Å²) in [4.78, 5) is 4.26. The van der Waals surface area contributed by atoms with Gasteiger partial charge in [-0.15, -0.1) is 0 Å². The number of halogens is 1. The van der Waals surface area contributed by atoms with Crippen LogP contribution in [0, 0.1) is 11.3 Å². The second kappa shape index (κ2) is 9.23. The largest absolute Gasteiger partial charge is 0.337 e. The number of nitrogens with zero attached hydrogens (tertiary/aromatic N) is 2. The van der Waals surface area contributed by atoms with Gasteiger partial charge in [-0.3, -0.25) is 0 Å². The molecule has 0 saturated carbocycles. The molecule has 0 bridgehead atoms. The maximum Gasteiger partial charge on any atom is 0.0946 e. The molecule has 0 saturated heterocycles. The molecule has 3 aromatic rings. The molecule has 2 nitrogen and oxygen atoms in total. The molecule has 0 aliphatic heterocycles. The highest BCUT2D eigenvalue weighted by molar-refractivity contribution is 6.30. The third-order valence-electron chi connectivity index (χ3n) is 5.86. The summed E-state index contributed by atoms with van der Waals surface area (Å²) in [5.74, 6) is 0.580. The first kappa shape index (κ1) is 19.7. The molecular formula is C24H29ClN2. The van der Waals surface area contributed by atoms with Gasteiger partial charge in [0.25, 0.3) is 0 Å². The van der Waals surface area contributed by atoms with E-state index in [1.807, 2.05) is 24.7 Å². The summed E-state index contributed by atoms with van der Waals surface area (Å²) in [7, 11) is 0. The molecule has 3 heteroatoms.